The lowest BCUT2D eigenvalue weighted by molar-refractivity contribution is 0.198. The van der Waals surface area contributed by atoms with Gasteiger partial charge in [-0.2, -0.15) is 0 Å². The first kappa shape index (κ1) is 9.00. The Labute approximate surface area is 70.7 Å². The molecule has 0 aromatic heterocycles. The van der Waals surface area contributed by atoms with E-state index in [1.807, 2.05) is 0 Å². The third kappa shape index (κ3) is 1.95. The van der Waals surface area contributed by atoms with E-state index in [0.29, 0.717) is 5.76 Å². The van der Waals surface area contributed by atoms with Gasteiger partial charge in [0.25, 0.3) is 0 Å². The van der Waals surface area contributed by atoms with Crippen LogP contribution >= 0.6 is 0 Å². The Morgan fingerprint density at radius 3 is 2.92 bits per heavy atom. The molecule has 0 fully saturated rings. The first-order valence-electron chi connectivity index (χ1n) is 3.68. The molecule has 0 radical (unpaired) electrons. The van der Waals surface area contributed by atoms with Crippen LogP contribution in [-0.2, 0) is 4.74 Å². The second-order valence-electron chi connectivity index (χ2n) is 2.47. The van der Waals surface area contributed by atoms with Crippen molar-refractivity contribution >= 4 is 0 Å². The minimum Gasteiger partial charge on any atom is -0.500 e. The van der Waals surface area contributed by atoms with Crippen molar-refractivity contribution in [3.63, 3.8) is 0 Å². The number of aliphatic hydroxyl groups excluding tert-OH is 1. The van der Waals surface area contributed by atoms with Crippen molar-refractivity contribution in [2.45, 2.75) is 0 Å². The molecule has 0 aliphatic heterocycles. The molecule has 1 aliphatic rings. The number of halogens is 1. The fraction of sp³-hybridized carbons (Fsp3) is 0.333. The third-order valence-electron chi connectivity index (χ3n) is 1.69. The molecule has 1 rings (SSSR count). The van der Waals surface area contributed by atoms with E-state index < -0.39 is 0 Å². The number of methoxy groups -OCH3 is 1. The number of hydrogen-bond donors (Lipinski definition) is 1. The van der Waals surface area contributed by atoms with Crippen molar-refractivity contribution in [3.05, 3.63) is 35.9 Å². The zero-order valence-corrected chi connectivity index (χ0v) is 6.83. The number of rotatable bonds is 2. The van der Waals surface area contributed by atoms with E-state index in [1.165, 1.54) is 25.3 Å². The zero-order valence-electron chi connectivity index (χ0n) is 6.83. The summed E-state index contributed by atoms with van der Waals surface area (Å²) in [5.74, 6) is 0.00130. The van der Waals surface area contributed by atoms with E-state index in [1.54, 1.807) is 6.08 Å². The van der Waals surface area contributed by atoms with E-state index in [-0.39, 0.29) is 18.4 Å². The molecular weight excluding hydrogens is 159 g/mol. The van der Waals surface area contributed by atoms with Gasteiger partial charge in [0.05, 0.1) is 19.6 Å². The fourth-order valence-corrected chi connectivity index (χ4v) is 1.01. The molecule has 1 aliphatic carbocycles. The van der Waals surface area contributed by atoms with Crippen LogP contribution in [0.3, 0.4) is 0 Å². The summed E-state index contributed by atoms with van der Waals surface area (Å²) < 4.78 is 17.6. The summed E-state index contributed by atoms with van der Waals surface area (Å²) in [7, 11) is 1.50. The molecule has 3 heteroatoms. The molecule has 0 saturated carbocycles. The van der Waals surface area contributed by atoms with Gasteiger partial charge in [0.15, 0.2) is 0 Å². The summed E-state index contributed by atoms with van der Waals surface area (Å²) in [5, 5.41) is 8.89. The number of hydrogen-bond acceptors (Lipinski definition) is 2. The molecular formula is C9H11FO2. The van der Waals surface area contributed by atoms with Crippen molar-refractivity contribution < 1.29 is 14.2 Å². The summed E-state index contributed by atoms with van der Waals surface area (Å²) in [6.45, 7) is -0.0721. The highest BCUT2D eigenvalue weighted by Gasteiger charge is 2.11. The van der Waals surface area contributed by atoms with Crippen molar-refractivity contribution in [2.24, 2.45) is 5.92 Å². The second kappa shape index (κ2) is 4.07. The quantitative estimate of drug-likeness (QED) is 0.681. The van der Waals surface area contributed by atoms with Crippen LogP contribution in [0, 0.1) is 5.92 Å². The summed E-state index contributed by atoms with van der Waals surface area (Å²) >= 11 is 0. The highest BCUT2D eigenvalue weighted by atomic mass is 19.1. The largest absolute Gasteiger partial charge is 0.500 e. The van der Waals surface area contributed by atoms with Crippen molar-refractivity contribution in [2.75, 3.05) is 13.7 Å². The molecule has 0 aromatic rings. The SMILES string of the molecule is COC1=CC=C(F)C=CC1CO. The van der Waals surface area contributed by atoms with Gasteiger partial charge in [-0.3, -0.25) is 0 Å². The Morgan fingerprint density at radius 1 is 1.58 bits per heavy atom. The Morgan fingerprint density at radius 2 is 2.33 bits per heavy atom. The van der Waals surface area contributed by atoms with Gasteiger partial charge in [0, 0.05) is 0 Å². The standard InChI is InChI=1S/C9H11FO2/c1-12-9-5-4-8(10)3-2-7(9)6-11/h2-5,7,11H,6H2,1H3. The van der Waals surface area contributed by atoms with E-state index in [4.69, 9.17) is 9.84 Å². The molecule has 0 heterocycles. The predicted molar refractivity (Wildman–Crippen MR) is 44.0 cm³/mol. The topological polar surface area (TPSA) is 29.5 Å². The molecule has 2 nitrogen and oxygen atoms in total. The molecule has 0 amide bonds. The van der Waals surface area contributed by atoms with E-state index in [2.05, 4.69) is 0 Å². The van der Waals surface area contributed by atoms with E-state index in [9.17, 15) is 4.39 Å². The highest BCUT2D eigenvalue weighted by Crippen LogP contribution is 2.18. The van der Waals surface area contributed by atoms with Crippen LogP contribution < -0.4 is 0 Å². The van der Waals surface area contributed by atoms with E-state index >= 15 is 0 Å². The number of aliphatic hydroxyl groups is 1. The summed E-state index contributed by atoms with van der Waals surface area (Å²) in [6.07, 6.45) is 5.73. The van der Waals surface area contributed by atoms with Crippen molar-refractivity contribution in [1.29, 1.82) is 0 Å². The fourth-order valence-electron chi connectivity index (χ4n) is 1.01. The van der Waals surface area contributed by atoms with Gasteiger partial charge >= 0.3 is 0 Å². The van der Waals surface area contributed by atoms with Gasteiger partial charge in [-0.1, -0.05) is 6.08 Å². The van der Waals surface area contributed by atoms with Gasteiger partial charge in [-0.15, -0.1) is 0 Å². The smallest absolute Gasteiger partial charge is 0.123 e. The van der Waals surface area contributed by atoms with Gasteiger partial charge in [-0.25, -0.2) is 4.39 Å². The van der Waals surface area contributed by atoms with Crippen LogP contribution in [0.5, 0.6) is 0 Å². The highest BCUT2D eigenvalue weighted by molar-refractivity contribution is 5.27. The second-order valence-corrected chi connectivity index (χ2v) is 2.47. The maximum Gasteiger partial charge on any atom is 0.123 e. The Hall–Kier alpha value is -1.09. The Kier molecular flexibility index (Phi) is 3.05. The average Bonchev–Trinajstić information content (AvgIpc) is 2.27. The first-order chi connectivity index (χ1) is 5.77. The van der Waals surface area contributed by atoms with Crippen LogP contribution in [0.2, 0.25) is 0 Å². The summed E-state index contributed by atoms with van der Waals surface area (Å²) in [4.78, 5) is 0. The van der Waals surface area contributed by atoms with Gasteiger partial charge in [-0.05, 0) is 18.2 Å². The molecule has 0 aromatic carbocycles. The first-order valence-corrected chi connectivity index (χ1v) is 3.68. The average molecular weight is 170 g/mol. The molecule has 0 saturated heterocycles. The van der Waals surface area contributed by atoms with Crippen LogP contribution in [0.25, 0.3) is 0 Å². The summed E-state index contributed by atoms with van der Waals surface area (Å²) in [6, 6.07) is 0. The van der Waals surface area contributed by atoms with Gasteiger partial charge < -0.3 is 9.84 Å². The normalized spacial score (nSPS) is 22.8. The minimum absolute atomic E-state index is 0.0721. The molecule has 1 atom stereocenters. The molecule has 66 valence electrons. The van der Waals surface area contributed by atoms with Crippen LogP contribution in [0.4, 0.5) is 4.39 Å². The lowest BCUT2D eigenvalue weighted by Gasteiger charge is -2.11. The summed E-state index contributed by atoms with van der Waals surface area (Å²) in [5.41, 5.74) is 0. The molecule has 1 unspecified atom stereocenters. The third-order valence-corrected chi connectivity index (χ3v) is 1.69. The van der Waals surface area contributed by atoms with Crippen LogP contribution in [0.15, 0.2) is 35.9 Å². The lowest BCUT2D eigenvalue weighted by atomic mass is 10.1. The number of ether oxygens (including phenoxy) is 1. The van der Waals surface area contributed by atoms with Crippen LogP contribution in [0.1, 0.15) is 0 Å². The van der Waals surface area contributed by atoms with Crippen LogP contribution in [-0.4, -0.2) is 18.8 Å². The molecule has 1 N–H and O–H groups in total. The zero-order chi connectivity index (χ0) is 8.97. The Balaban J connectivity index is 2.86. The molecule has 0 bridgehead atoms. The monoisotopic (exact) mass is 170 g/mol. The maximum absolute atomic E-state index is 12.7. The minimum atomic E-state index is -0.333. The lowest BCUT2D eigenvalue weighted by Crippen LogP contribution is -2.07. The Bertz CT molecular complexity index is 241. The number of allylic oxidation sites excluding steroid dienone is 4. The predicted octanol–water partition coefficient (Wildman–Crippen LogP) is 1.55. The van der Waals surface area contributed by atoms with Gasteiger partial charge in [0.1, 0.15) is 11.6 Å². The molecule has 0 spiro atoms. The molecule has 12 heavy (non-hydrogen) atoms. The van der Waals surface area contributed by atoms with Crippen molar-refractivity contribution in [3.8, 4) is 0 Å². The van der Waals surface area contributed by atoms with Crippen molar-refractivity contribution in [1.82, 2.24) is 0 Å². The maximum atomic E-state index is 12.7. The van der Waals surface area contributed by atoms with E-state index in [0.717, 1.165) is 0 Å². The van der Waals surface area contributed by atoms with Gasteiger partial charge in [0.2, 0.25) is 0 Å².